The minimum Gasteiger partial charge on any atom is -0.417 e. The molecule has 0 radical (unpaired) electrons. The van der Waals surface area contributed by atoms with Gasteiger partial charge in [0.25, 0.3) is 0 Å². The average molecular weight is 788 g/mol. The second kappa shape index (κ2) is 18.4. The molecule has 0 amide bonds. The first-order chi connectivity index (χ1) is 22.0. The predicted molar refractivity (Wildman–Crippen MR) is 231 cm³/mol. The van der Waals surface area contributed by atoms with Crippen LogP contribution < -0.4 is 0 Å². The number of nitrogens with zero attached hydrogens (tertiary/aromatic N) is 1. The molecule has 6 nitrogen and oxygen atoms in total. The molecular weight excluding hydrogens is 707 g/mol. The Kier molecular flexibility index (Phi) is 18.3. The molecule has 0 bridgehead atoms. The zero-order chi connectivity index (χ0) is 39.9. The maximum Gasteiger partial charge on any atom is 0.193 e. The molecule has 0 unspecified atom stereocenters. The van der Waals surface area contributed by atoms with Crippen LogP contribution in [0.15, 0.2) is 11.0 Å². The van der Waals surface area contributed by atoms with Crippen molar-refractivity contribution < 1.29 is 22.5 Å². The Morgan fingerprint density at radius 3 is 1.30 bits per heavy atom. The summed E-state index contributed by atoms with van der Waals surface area (Å²) in [6, 6.07) is 0. The van der Waals surface area contributed by atoms with E-state index in [4.69, 9.17) is 17.7 Å². The van der Waals surface area contributed by atoms with Crippen molar-refractivity contribution in [2.24, 2.45) is 0 Å². The monoisotopic (exact) mass is 787 g/mol. The Morgan fingerprint density at radius 2 is 1.00 bits per heavy atom. The highest BCUT2D eigenvalue weighted by Gasteiger charge is 2.42. The normalized spacial score (nSPS) is 15.8. The summed E-state index contributed by atoms with van der Waals surface area (Å²) in [6.07, 6.45) is 3.49. The van der Waals surface area contributed by atoms with E-state index in [-0.39, 0.29) is 38.1 Å². The third kappa shape index (κ3) is 16.0. The predicted octanol–water partition coefficient (Wildman–Crippen LogP) is 13.0. The highest BCUT2D eigenvalue weighted by Crippen LogP contribution is 2.41. The first-order valence-corrected chi connectivity index (χ1v) is 31.2. The molecule has 0 aliphatic rings. The van der Waals surface area contributed by atoms with Gasteiger partial charge in [-0.3, -0.25) is 4.79 Å². The van der Waals surface area contributed by atoms with Crippen LogP contribution in [0.25, 0.3) is 6.08 Å². The number of thiazole rings is 1. The lowest BCUT2D eigenvalue weighted by Crippen LogP contribution is -2.46. The van der Waals surface area contributed by atoms with E-state index in [2.05, 4.69) is 159 Å². The molecule has 0 aromatic carbocycles. The van der Waals surface area contributed by atoms with Crippen LogP contribution in [-0.2, 0) is 22.5 Å². The van der Waals surface area contributed by atoms with Gasteiger partial charge in [0.2, 0.25) is 0 Å². The van der Waals surface area contributed by atoms with E-state index >= 15 is 0 Å². The minimum absolute atomic E-state index is 0.0765. The number of aromatic nitrogens is 1. The van der Waals surface area contributed by atoms with Gasteiger partial charge in [-0.2, -0.15) is 0 Å². The molecule has 0 saturated carbocycles. The first-order valence-electron chi connectivity index (χ1n) is 18.7. The Bertz CT molecular complexity index is 1230. The molecule has 1 rings (SSSR count). The molecule has 0 N–H and O–H groups in total. The molecule has 1 heterocycles. The van der Waals surface area contributed by atoms with Gasteiger partial charge >= 0.3 is 0 Å². The number of hydrogen-bond acceptors (Lipinski definition) is 7. The lowest BCUT2D eigenvalue weighted by Gasteiger charge is -2.40. The average Bonchev–Trinajstić information content (AvgIpc) is 3.29. The number of rotatable bonds is 15. The van der Waals surface area contributed by atoms with Crippen molar-refractivity contribution in [3.05, 3.63) is 21.7 Å². The Hall–Kier alpha value is -0.252. The molecule has 0 spiro atoms. The fourth-order valence-corrected chi connectivity index (χ4v) is 9.25. The minimum atomic E-state index is -1.93. The number of Topliss-reactive ketones (excluding diaryl/α,β-unsaturated/α-hetero) is 1. The van der Waals surface area contributed by atoms with Crippen LogP contribution in [-0.4, -0.2) is 69.5 Å². The van der Waals surface area contributed by atoms with Crippen LogP contribution in [0.1, 0.15) is 120 Å². The quantitative estimate of drug-likeness (QED) is 0.165. The molecule has 0 fully saturated rings. The van der Waals surface area contributed by atoms with Gasteiger partial charge in [-0.15, -0.1) is 11.3 Å². The maximum atomic E-state index is 12.0. The topological polar surface area (TPSA) is 66.9 Å². The van der Waals surface area contributed by atoms with Gasteiger partial charge in [0, 0.05) is 25.0 Å². The third-order valence-electron chi connectivity index (χ3n) is 11.8. The highest BCUT2D eigenvalue weighted by molar-refractivity contribution is 7.09. The van der Waals surface area contributed by atoms with Crippen LogP contribution in [0.2, 0.25) is 72.5 Å². The Balaban J connectivity index is 0.000000991. The van der Waals surface area contributed by atoms with Crippen molar-refractivity contribution in [3.63, 3.8) is 0 Å². The number of hydrogen-bond donors (Lipinski definition) is 0. The summed E-state index contributed by atoms with van der Waals surface area (Å²) < 4.78 is 25.8. The number of carbonyl (C=O) groups excluding carboxylic acids is 1. The number of carbonyl (C=O) groups is 1. The van der Waals surface area contributed by atoms with Gasteiger partial charge in [0.15, 0.2) is 39.1 Å². The van der Waals surface area contributed by atoms with Crippen LogP contribution in [0.4, 0.5) is 0 Å². The van der Waals surface area contributed by atoms with Crippen molar-refractivity contribution in [2.45, 2.75) is 201 Å². The zero-order valence-corrected chi connectivity index (χ0v) is 41.9. The van der Waals surface area contributed by atoms with Crippen LogP contribution in [0, 0.1) is 6.92 Å². The first kappa shape index (κ1) is 49.7. The second-order valence-electron chi connectivity index (χ2n) is 20.3. The van der Waals surface area contributed by atoms with Gasteiger partial charge in [-0.25, -0.2) is 4.98 Å². The van der Waals surface area contributed by atoms with Gasteiger partial charge < -0.3 is 17.7 Å². The summed E-state index contributed by atoms with van der Waals surface area (Å²) in [5.74, 6) is 0.114. The summed E-state index contributed by atoms with van der Waals surface area (Å²) in [7, 11) is -7.31. The SMILES string of the molecule is C/C(=C\c1csc(C)n1)[C@H](CCO[Si](C)(C)C(C)(C)C)O[Si](C)(C)C(C)(C)C.CC(=O)[C@H](CCO[Si](C)(C)C(C)(C)C)O[Si](C)(C)C(C)(C)C. The van der Waals surface area contributed by atoms with Crippen molar-refractivity contribution >= 4 is 56.5 Å². The van der Waals surface area contributed by atoms with E-state index in [1.807, 2.05) is 6.92 Å². The van der Waals surface area contributed by atoms with Gasteiger partial charge in [0.05, 0.1) is 16.8 Å². The third-order valence-corrected chi connectivity index (χ3v) is 30.6. The summed E-state index contributed by atoms with van der Waals surface area (Å²) >= 11 is 1.69. The summed E-state index contributed by atoms with van der Waals surface area (Å²) in [6.45, 7) is 52.4. The lowest BCUT2D eigenvalue weighted by atomic mass is 10.1. The summed E-state index contributed by atoms with van der Waals surface area (Å²) in [5.41, 5.74) is 2.28. The van der Waals surface area contributed by atoms with E-state index in [1.54, 1.807) is 18.3 Å². The van der Waals surface area contributed by atoms with Crippen molar-refractivity contribution in [1.82, 2.24) is 4.98 Å². The van der Waals surface area contributed by atoms with Gasteiger partial charge in [0.1, 0.15) is 6.10 Å². The van der Waals surface area contributed by atoms with Crippen molar-refractivity contribution in [1.29, 1.82) is 0 Å². The fourth-order valence-electron chi connectivity index (χ4n) is 3.84. The van der Waals surface area contributed by atoms with Crippen LogP contribution in [0.3, 0.4) is 0 Å². The van der Waals surface area contributed by atoms with Crippen LogP contribution >= 0.6 is 11.3 Å². The van der Waals surface area contributed by atoms with Crippen LogP contribution in [0.5, 0.6) is 0 Å². The molecule has 1 aromatic heterocycles. The van der Waals surface area contributed by atoms with Crippen molar-refractivity contribution in [3.8, 4) is 0 Å². The van der Waals surface area contributed by atoms with E-state index in [1.165, 1.54) is 5.57 Å². The van der Waals surface area contributed by atoms with Crippen molar-refractivity contribution in [2.75, 3.05) is 13.2 Å². The zero-order valence-electron chi connectivity index (χ0n) is 37.0. The molecule has 2 atom stereocenters. The Labute approximate surface area is 318 Å². The van der Waals surface area contributed by atoms with E-state index < -0.39 is 33.3 Å². The molecular formula is C39H81NO5SSi4. The summed E-state index contributed by atoms with van der Waals surface area (Å²) in [5, 5.41) is 3.94. The van der Waals surface area contributed by atoms with Gasteiger partial charge in [-0.05, 0) is 111 Å². The second-order valence-corrected chi connectivity index (χ2v) is 40.5. The molecule has 50 heavy (non-hydrogen) atoms. The Morgan fingerprint density at radius 1 is 0.660 bits per heavy atom. The highest BCUT2D eigenvalue weighted by atomic mass is 32.1. The van der Waals surface area contributed by atoms with E-state index in [9.17, 15) is 4.79 Å². The molecule has 294 valence electrons. The maximum absolute atomic E-state index is 12.0. The standard InChI is InChI=1S/C22H43NO2SSi2.C17H38O3Si2/c1-17(15-19-16-26-18(2)23-19)20(25-28(11,12)22(6,7)8)13-14-24-27(9,10)21(3,4)5;1-14(18)15(20-22(10,11)17(5,6)7)12-13-19-21(8,9)16(2,3)4/h15-16,20H,13-14H2,1-12H3;15H,12-13H2,1-11H3/b17-15+;/t20-;15-/m00/s1. The molecule has 0 aliphatic heterocycles. The number of aryl methyl sites for hydroxylation is 1. The summed E-state index contributed by atoms with van der Waals surface area (Å²) in [4.78, 5) is 16.6. The van der Waals surface area contributed by atoms with Gasteiger partial charge in [-0.1, -0.05) is 83.1 Å². The molecule has 11 heteroatoms. The number of ketones is 1. The smallest absolute Gasteiger partial charge is 0.193 e. The molecule has 1 aromatic rings. The lowest BCUT2D eigenvalue weighted by molar-refractivity contribution is -0.124. The fraction of sp³-hybridized carbons (Fsp3) is 0.846. The van der Waals surface area contributed by atoms with E-state index in [0.717, 1.165) is 23.7 Å². The largest absolute Gasteiger partial charge is 0.417 e. The molecule has 0 saturated heterocycles. The van der Waals surface area contributed by atoms with E-state index in [0.29, 0.717) is 13.0 Å². The molecule has 0 aliphatic carbocycles.